The number of halogens is 1. The van der Waals surface area contributed by atoms with Gasteiger partial charge in [0.05, 0.1) is 16.5 Å². The second-order valence-electron chi connectivity index (χ2n) is 6.31. The third-order valence-electron chi connectivity index (χ3n) is 4.72. The number of aromatic nitrogens is 2. The van der Waals surface area contributed by atoms with E-state index in [0.717, 1.165) is 54.0 Å². The fourth-order valence-electron chi connectivity index (χ4n) is 3.15. The zero-order chi connectivity index (χ0) is 17.3. The van der Waals surface area contributed by atoms with Crippen molar-refractivity contribution in [3.63, 3.8) is 0 Å². The van der Waals surface area contributed by atoms with E-state index in [1.807, 2.05) is 36.5 Å². The second-order valence-corrected chi connectivity index (χ2v) is 8.11. The van der Waals surface area contributed by atoms with Gasteiger partial charge >= 0.3 is 0 Å². The predicted octanol–water partition coefficient (Wildman–Crippen LogP) is 2.64. The van der Waals surface area contributed by atoms with Gasteiger partial charge in [-0.2, -0.15) is 5.10 Å². The largest absolute Gasteiger partial charge is 0.340 e. The van der Waals surface area contributed by atoms with Crippen LogP contribution in [0.15, 0.2) is 12.1 Å². The molecule has 1 saturated heterocycles. The van der Waals surface area contributed by atoms with Gasteiger partial charge < -0.3 is 4.90 Å². The summed E-state index contributed by atoms with van der Waals surface area (Å²) in [7, 11) is 1.92. The zero-order valence-corrected chi connectivity index (χ0v) is 16.0. The maximum Gasteiger partial charge on any atom is 0.227 e. The molecule has 2 aromatic rings. The average Bonchev–Trinajstić information content (AvgIpc) is 3.06. The summed E-state index contributed by atoms with van der Waals surface area (Å²) < 4.78 is 2.68. The minimum atomic E-state index is 0.202. The summed E-state index contributed by atoms with van der Waals surface area (Å²) in [6.45, 7) is 8.30. The second kappa shape index (κ2) is 7.25. The van der Waals surface area contributed by atoms with Crippen molar-refractivity contribution < 1.29 is 4.79 Å². The molecule has 1 fully saturated rings. The Bertz CT molecular complexity index is 731. The molecular formula is C17H23ClN4OS. The van der Waals surface area contributed by atoms with Gasteiger partial charge in [-0.15, -0.1) is 11.3 Å². The number of hydrogen-bond donors (Lipinski definition) is 0. The SMILES string of the molecule is Cc1nn(C)c(C)c1CC(=O)N1CCN(Cc2ccc(Cl)s2)CC1. The molecule has 1 aliphatic rings. The zero-order valence-electron chi connectivity index (χ0n) is 14.4. The molecule has 0 spiro atoms. The predicted molar refractivity (Wildman–Crippen MR) is 97.6 cm³/mol. The maximum absolute atomic E-state index is 12.6. The molecule has 0 N–H and O–H groups in total. The average molecular weight is 367 g/mol. The minimum absolute atomic E-state index is 0.202. The lowest BCUT2D eigenvalue weighted by atomic mass is 10.1. The van der Waals surface area contributed by atoms with E-state index in [2.05, 4.69) is 16.1 Å². The van der Waals surface area contributed by atoms with Crippen LogP contribution >= 0.6 is 22.9 Å². The van der Waals surface area contributed by atoms with Crippen LogP contribution in [0.1, 0.15) is 21.8 Å². The van der Waals surface area contributed by atoms with E-state index >= 15 is 0 Å². The number of carbonyl (C=O) groups is 1. The van der Waals surface area contributed by atoms with Gasteiger partial charge in [0.15, 0.2) is 0 Å². The van der Waals surface area contributed by atoms with Crippen LogP contribution in [0.3, 0.4) is 0 Å². The van der Waals surface area contributed by atoms with Crippen molar-refractivity contribution in [2.75, 3.05) is 26.2 Å². The molecule has 3 rings (SSSR count). The standard InChI is InChI=1S/C17H23ClN4OS/c1-12-15(13(2)20(3)19-12)10-17(23)22-8-6-21(7-9-22)11-14-4-5-16(18)24-14/h4-5H,6-11H2,1-3H3. The van der Waals surface area contributed by atoms with Gasteiger partial charge in [0.2, 0.25) is 5.91 Å². The fraction of sp³-hybridized carbons (Fsp3) is 0.529. The van der Waals surface area contributed by atoms with Gasteiger partial charge in [0.1, 0.15) is 0 Å². The van der Waals surface area contributed by atoms with Crippen molar-refractivity contribution >= 4 is 28.8 Å². The maximum atomic E-state index is 12.6. The number of aryl methyl sites for hydroxylation is 2. The number of amides is 1. The number of carbonyl (C=O) groups excluding carboxylic acids is 1. The van der Waals surface area contributed by atoms with Gasteiger partial charge in [0, 0.05) is 55.9 Å². The highest BCUT2D eigenvalue weighted by Gasteiger charge is 2.23. The monoisotopic (exact) mass is 366 g/mol. The van der Waals surface area contributed by atoms with Crippen molar-refractivity contribution in [3.8, 4) is 0 Å². The lowest BCUT2D eigenvalue weighted by Gasteiger charge is -2.34. The lowest BCUT2D eigenvalue weighted by molar-refractivity contribution is -0.132. The number of rotatable bonds is 4. The van der Waals surface area contributed by atoms with Gasteiger partial charge in [-0.05, 0) is 26.0 Å². The van der Waals surface area contributed by atoms with Gasteiger partial charge in [0.25, 0.3) is 0 Å². The topological polar surface area (TPSA) is 41.4 Å². The highest BCUT2D eigenvalue weighted by Crippen LogP contribution is 2.23. The first-order valence-corrected chi connectivity index (χ1v) is 9.37. The van der Waals surface area contributed by atoms with E-state index < -0.39 is 0 Å². The third-order valence-corrected chi connectivity index (χ3v) is 5.94. The molecule has 0 atom stereocenters. The molecule has 0 unspecified atom stereocenters. The molecule has 0 aliphatic carbocycles. The molecule has 130 valence electrons. The lowest BCUT2D eigenvalue weighted by Crippen LogP contribution is -2.48. The number of thiophene rings is 1. The van der Waals surface area contributed by atoms with Crippen LogP contribution < -0.4 is 0 Å². The Morgan fingerprint density at radius 1 is 1.25 bits per heavy atom. The van der Waals surface area contributed by atoms with Gasteiger partial charge in [-0.25, -0.2) is 0 Å². The summed E-state index contributed by atoms with van der Waals surface area (Å²) in [5.74, 6) is 0.202. The smallest absolute Gasteiger partial charge is 0.227 e. The number of nitrogens with zero attached hydrogens (tertiary/aromatic N) is 4. The van der Waals surface area contributed by atoms with Crippen molar-refractivity contribution in [2.24, 2.45) is 7.05 Å². The van der Waals surface area contributed by atoms with E-state index in [0.29, 0.717) is 6.42 Å². The van der Waals surface area contributed by atoms with Crippen LogP contribution in [-0.4, -0.2) is 51.7 Å². The van der Waals surface area contributed by atoms with E-state index in [4.69, 9.17) is 11.6 Å². The Kier molecular flexibility index (Phi) is 5.27. The molecule has 1 aliphatic heterocycles. The number of hydrogen-bond acceptors (Lipinski definition) is 4. The molecule has 5 nitrogen and oxygen atoms in total. The Morgan fingerprint density at radius 3 is 2.50 bits per heavy atom. The molecule has 0 bridgehead atoms. The molecule has 0 saturated carbocycles. The summed E-state index contributed by atoms with van der Waals surface area (Å²) in [4.78, 5) is 18.2. The molecular weight excluding hydrogens is 344 g/mol. The molecule has 1 amide bonds. The molecule has 3 heterocycles. The molecule has 0 radical (unpaired) electrons. The van der Waals surface area contributed by atoms with Crippen molar-refractivity contribution in [3.05, 3.63) is 38.3 Å². The Morgan fingerprint density at radius 2 is 1.96 bits per heavy atom. The van der Waals surface area contributed by atoms with E-state index in [9.17, 15) is 4.79 Å². The fourth-order valence-corrected chi connectivity index (χ4v) is 4.28. The highest BCUT2D eigenvalue weighted by molar-refractivity contribution is 7.16. The van der Waals surface area contributed by atoms with E-state index in [-0.39, 0.29) is 5.91 Å². The first-order valence-electron chi connectivity index (χ1n) is 8.17. The summed E-state index contributed by atoms with van der Waals surface area (Å²) in [5, 5.41) is 4.40. The van der Waals surface area contributed by atoms with Gasteiger partial charge in [-0.3, -0.25) is 14.4 Å². The van der Waals surface area contributed by atoms with Crippen LogP contribution in [-0.2, 0) is 24.8 Å². The Hall–Kier alpha value is -1.37. The Balaban J connectivity index is 1.53. The van der Waals surface area contributed by atoms with Crippen LogP contribution in [0.4, 0.5) is 0 Å². The van der Waals surface area contributed by atoms with Crippen LogP contribution in [0, 0.1) is 13.8 Å². The summed E-state index contributed by atoms with van der Waals surface area (Å²) >= 11 is 7.62. The van der Waals surface area contributed by atoms with Crippen LogP contribution in [0.2, 0.25) is 4.34 Å². The highest BCUT2D eigenvalue weighted by atomic mass is 35.5. The van der Waals surface area contributed by atoms with Crippen molar-refractivity contribution in [1.82, 2.24) is 19.6 Å². The molecule has 2 aromatic heterocycles. The van der Waals surface area contributed by atoms with E-state index in [1.165, 1.54) is 4.88 Å². The molecule has 24 heavy (non-hydrogen) atoms. The van der Waals surface area contributed by atoms with Crippen LogP contribution in [0.25, 0.3) is 0 Å². The first kappa shape index (κ1) is 17.5. The first-order chi connectivity index (χ1) is 11.4. The quantitative estimate of drug-likeness (QED) is 0.835. The number of piperazine rings is 1. The molecule has 7 heteroatoms. The van der Waals surface area contributed by atoms with Gasteiger partial charge in [-0.1, -0.05) is 11.6 Å². The Labute approximate surface area is 151 Å². The van der Waals surface area contributed by atoms with Crippen LogP contribution in [0.5, 0.6) is 0 Å². The van der Waals surface area contributed by atoms with Crippen molar-refractivity contribution in [2.45, 2.75) is 26.8 Å². The van der Waals surface area contributed by atoms with E-state index in [1.54, 1.807) is 11.3 Å². The normalized spacial score (nSPS) is 15.9. The molecule has 0 aromatic carbocycles. The summed E-state index contributed by atoms with van der Waals surface area (Å²) in [6.07, 6.45) is 0.450. The van der Waals surface area contributed by atoms with Crippen molar-refractivity contribution in [1.29, 1.82) is 0 Å². The minimum Gasteiger partial charge on any atom is -0.340 e. The summed E-state index contributed by atoms with van der Waals surface area (Å²) in [5.41, 5.74) is 3.10. The third kappa shape index (κ3) is 3.82. The summed E-state index contributed by atoms with van der Waals surface area (Å²) in [6, 6.07) is 4.03.